The van der Waals surface area contributed by atoms with Crippen LogP contribution < -0.4 is 10.2 Å². The van der Waals surface area contributed by atoms with Crippen LogP contribution in [0.3, 0.4) is 0 Å². The number of nitrogens with one attached hydrogen (secondary N) is 1. The number of nitrogens with zero attached hydrogens (tertiary/aromatic N) is 4. The molecule has 134 valence electrons. The second kappa shape index (κ2) is 6.37. The Morgan fingerprint density at radius 2 is 1.85 bits per heavy atom. The zero-order valence-corrected chi connectivity index (χ0v) is 13.9. The Bertz CT molecular complexity index is 1060. The van der Waals surface area contributed by atoms with Gasteiger partial charge in [0.05, 0.1) is 22.0 Å². The number of aromatic nitrogens is 2. The third-order valence-electron chi connectivity index (χ3n) is 4.15. The monoisotopic (exact) mass is 363 g/mol. The number of hydrogen-bond donors (Lipinski definition) is 1. The van der Waals surface area contributed by atoms with Crippen LogP contribution in [0.15, 0.2) is 60.8 Å². The van der Waals surface area contributed by atoms with Crippen molar-refractivity contribution in [1.82, 2.24) is 9.78 Å². The van der Waals surface area contributed by atoms with Gasteiger partial charge in [-0.3, -0.25) is 24.6 Å². The van der Waals surface area contributed by atoms with Crippen LogP contribution in [-0.4, -0.2) is 33.1 Å². The topological polar surface area (TPSA) is 110 Å². The molecule has 0 radical (unpaired) electrons. The molecule has 1 aliphatic rings. The molecule has 4 rings (SSSR count). The minimum atomic E-state index is -0.485. The van der Waals surface area contributed by atoms with Gasteiger partial charge >= 0.3 is 0 Å². The number of benzene rings is 2. The maximum absolute atomic E-state index is 12.9. The first kappa shape index (κ1) is 16.5. The van der Waals surface area contributed by atoms with Crippen LogP contribution in [0.25, 0.3) is 5.69 Å². The Kier molecular flexibility index (Phi) is 3.88. The molecule has 0 saturated carbocycles. The summed E-state index contributed by atoms with van der Waals surface area (Å²) in [4.78, 5) is 36.4. The molecule has 27 heavy (non-hydrogen) atoms. The molecule has 1 aliphatic heterocycles. The van der Waals surface area contributed by atoms with Gasteiger partial charge < -0.3 is 5.32 Å². The first-order valence-electron chi connectivity index (χ1n) is 8.04. The molecule has 2 heterocycles. The van der Waals surface area contributed by atoms with E-state index in [4.69, 9.17) is 0 Å². The smallest absolute Gasteiger partial charge is 0.279 e. The highest BCUT2D eigenvalue weighted by Crippen LogP contribution is 2.29. The van der Waals surface area contributed by atoms with Crippen LogP contribution in [0.4, 0.5) is 17.1 Å². The van der Waals surface area contributed by atoms with Gasteiger partial charge in [0.1, 0.15) is 6.54 Å². The second-order valence-corrected chi connectivity index (χ2v) is 5.88. The van der Waals surface area contributed by atoms with E-state index in [1.54, 1.807) is 48.7 Å². The molecule has 0 spiro atoms. The van der Waals surface area contributed by atoms with Crippen molar-refractivity contribution in [2.75, 3.05) is 16.8 Å². The number of para-hydroxylation sites is 2. The molecule has 0 fully saturated rings. The quantitative estimate of drug-likeness (QED) is 0.567. The minimum Gasteiger partial charge on any atom is -0.323 e. The Hall–Kier alpha value is -4.01. The highest BCUT2D eigenvalue weighted by Gasteiger charge is 2.28. The average molecular weight is 363 g/mol. The van der Waals surface area contributed by atoms with Gasteiger partial charge in [0, 0.05) is 18.3 Å². The van der Waals surface area contributed by atoms with Crippen molar-refractivity contribution >= 4 is 28.9 Å². The number of anilines is 2. The van der Waals surface area contributed by atoms with Gasteiger partial charge in [-0.05, 0) is 30.3 Å². The van der Waals surface area contributed by atoms with Gasteiger partial charge in [-0.15, -0.1) is 0 Å². The molecule has 9 heteroatoms. The molecule has 1 N–H and O–H groups in total. The number of hydrogen-bond acceptors (Lipinski definition) is 5. The molecule has 0 aliphatic carbocycles. The summed E-state index contributed by atoms with van der Waals surface area (Å²) in [6, 6.07) is 14.4. The Balaban J connectivity index is 1.63. The summed E-state index contributed by atoms with van der Waals surface area (Å²) in [6.07, 6.45) is 1.59. The molecule has 0 bridgehead atoms. The third kappa shape index (κ3) is 3.01. The predicted octanol–water partition coefficient (Wildman–Crippen LogP) is 2.38. The number of non-ortho nitro benzene ring substituents is 1. The fourth-order valence-corrected chi connectivity index (χ4v) is 2.86. The Morgan fingerprint density at radius 3 is 2.59 bits per heavy atom. The standard InChI is InChI=1S/C18H13N5O4/c24-17-11-21(16-4-2-1-3-14(16)19-17)18(25)15-9-10-22(20-15)12-5-7-13(8-6-12)23(26)27/h1-10H,11H2,(H,19,24). The van der Waals surface area contributed by atoms with Crippen molar-refractivity contribution in [3.63, 3.8) is 0 Å². The van der Waals surface area contributed by atoms with E-state index in [1.807, 2.05) is 0 Å². The highest BCUT2D eigenvalue weighted by molar-refractivity contribution is 6.14. The summed E-state index contributed by atoms with van der Waals surface area (Å²) >= 11 is 0. The maximum atomic E-state index is 12.9. The zero-order chi connectivity index (χ0) is 19.0. The normalized spacial score (nSPS) is 13.0. The number of carbonyl (C=O) groups is 2. The van der Waals surface area contributed by atoms with Crippen LogP contribution in [0.1, 0.15) is 10.5 Å². The van der Waals surface area contributed by atoms with Gasteiger partial charge in [-0.2, -0.15) is 5.10 Å². The van der Waals surface area contributed by atoms with E-state index in [1.165, 1.54) is 21.7 Å². The van der Waals surface area contributed by atoms with E-state index in [0.29, 0.717) is 17.1 Å². The van der Waals surface area contributed by atoms with Crippen LogP contribution in [0.2, 0.25) is 0 Å². The van der Waals surface area contributed by atoms with E-state index in [-0.39, 0.29) is 23.8 Å². The van der Waals surface area contributed by atoms with Crippen molar-refractivity contribution in [3.8, 4) is 5.69 Å². The first-order valence-corrected chi connectivity index (χ1v) is 8.04. The molecule has 0 saturated heterocycles. The van der Waals surface area contributed by atoms with E-state index >= 15 is 0 Å². The van der Waals surface area contributed by atoms with Crippen molar-refractivity contribution in [2.24, 2.45) is 0 Å². The molecular formula is C18H13N5O4. The minimum absolute atomic E-state index is 0.0295. The van der Waals surface area contributed by atoms with Gasteiger partial charge in [0.15, 0.2) is 5.69 Å². The van der Waals surface area contributed by atoms with Crippen LogP contribution in [-0.2, 0) is 4.79 Å². The zero-order valence-electron chi connectivity index (χ0n) is 13.9. The predicted molar refractivity (Wildman–Crippen MR) is 97.0 cm³/mol. The summed E-state index contributed by atoms with van der Waals surface area (Å²) in [6.45, 7) is -0.0970. The van der Waals surface area contributed by atoms with Gasteiger partial charge in [-0.25, -0.2) is 4.68 Å². The summed E-state index contributed by atoms with van der Waals surface area (Å²) in [5, 5.41) is 17.7. The average Bonchev–Trinajstić information content (AvgIpc) is 3.17. The molecule has 3 aromatic rings. The largest absolute Gasteiger partial charge is 0.323 e. The summed E-state index contributed by atoms with van der Waals surface area (Å²) in [5.41, 5.74) is 1.89. The fraction of sp³-hybridized carbons (Fsp3) is 0.0556. The fourth-order valence-electron chi connectivity index (χ4n) is 2.86. The van der Waals surface area contributed by atoms with Crippen LogP contribution in [0.5, 0.6) is 0 Å². The highest BCUT2D eigenvalue weighted by atomic mass is 16.6. The summed E-state index contributed by atoms with van der Waals surface area (Å²) in [5.74, 6) is -0.685. The Morgan fingerprint density at radius 1 is 1.11 bits per heavy atom. The molecular weight excluding hydrogens is 350 g/mol. The molecule has 0 unspecified atom stereocenters. The van der Waals surface area contributed by atoms with E-state index in [9.17, 15) is 19.7 Å². The van der Waals surface area contributed by atoms with Crippen molar-refractivity contribution in [2.45, 2.75) is 0 Å². The lowest BCUT2D eigenvalue weighted by Crippen LogP contribution is -2.42. The van der Waals surface area contributed by atoms with Crippen LogP contribution in [0, 0.1) is 10.1 Å². The Labute approximate surface area is 153 Å². The van der Waals surface area contributed by atoms with Gasteiger partial charge in [0.2, 0.25) is 5.91 Å². The van der Waals surface area contributed by atoms with E-state index in [2.05, 4.69) is 10.4 Å². The second-order valence-electron chi connectivity index (χ2n) is 5.88. The number of carbonyl (C=O) groups excluding carboxylic acids is 2. The number of fused-ring (bicyclic) bond motifs is 1. The number of amides is 2. The first-order chi connectivity index (χ1) is 13.0. The lowest BCUT2D eigenvalue weighted by molar-refractivity contribution is -0.384. The lowest BCUT2D eigenvalue weighted by Gasteiger charge is -2.28. The number of nitro groups is 1. The SMILES string of the molecule is O=C1CN(C(=O)c2ccn(-c3ccc([N+](=O)[O-])cc3)n2)c2ccccc2N1. The van der Waals surface area contributed by atoms with Crippen LogP contribution >= 0.6 is 0 Å². The molecule has 2 aromatic carbocycles. The molecule has 0 atom stereocenters. The lowest BCUT2D eigenvalue weighted by atomic mass is 10.2. The van der Waals surface area contributed by atoms with Gasteiger partial charge in [0.25, 0.3) is 11.6 Å². The summed E-state index contributed by atoms with van der Waals surface area (Å²) in [7, 11) is 0. The number of nitro benzene ring substituents is 1. The molecule has 1 aromatic heterocycles. The van der Waals surface area contributed by atoms with Crippen molar-refractivity contribution in [3.05, 3.63) is 76.6 Å². The summed E-state index contributed by atoms with van der Waals surface area (Å²) < 4.78 is 1.45. The van der Waals surface area contributed by atoms with Crippen molar-refractivity contribution in [1.29, 1.82) is 0 Å². The van der Waals surface area contributed by atoms with E-state index in [0.717, 1.165) is 0 Å². The number of rotatable bonds is 3. The third-order valence-corrected chi connectivity index (χ3v) is 4.15. The van der Waals surface area contributed by atoms with Gasteiger partial charge in [-0.1, -0.05) is 12.1 Å². The maximum Gasteiger partial charge on any atom is 0.279 e. The van der Waals surface area contributed by atoms with E-state index < -0.39 is 10.8 Å². The van der Waals surface area contributed by atoms with Crippen molar-refractivity contribution < 1.29 is 14.5 Å². The molecule has 2 amide bonds. The molecule has 9 nitrogen and oxygen atoms in total.